The molecule has 4 rings (SSSR count). The summed E-state index contributed by atoms with van der Waals surface area (Å²) in [5.74, 6) is 0.428. The first-order chi connectivity index (χ1) is 20.2. The maximum absolute atomic E-state index is 13.7. The van der Waals surface area contributed by atoms with Gasteiger partial charge in [0.15, 0.2) is 5.75 Å². The van der Waals surface area contributed by atoms with Gasteiger partial charge >= 0.3 is 12.1 Å². The van der Waals surface area contributed by atoms with Crippen molar-refractivity contribution in [2.75, 3.05) is 44.5 Å². The lowest BCUT2D eigenvalue weighted by atomic mass is 9.96. The number of amides is 5. The highest BCUT2D eigenvalue weighted by Gasteiger charge is 2.35. The topological polar surface area (TPSA) is 132 Å². The zero-order valence-electron chi connectivity index (χ0n) is 24.9. The fraction of sp³-hybridized carbons (Fsp3) is 0.516. The molecule has 2 aromatic carbocycles. The van der Waals surface area contributed by atoms with Gasteiger partial charge in [-0.15, -0.1) is 0 Å². The minimum absolute atomic E-state index is 0.110. The summed E-state index contributed by atoms with van der Waals surface area (Å²) in [7, 11) is 3.26. The van der Waals surface area contributed by atoms with E-state index >= 15 is 0 Å². The fourth-order valence-electron chi connectivity index (χ4n) is 5.40. The number of aliphatic hydroxyl groups is 1. The van der Waals surface area contributed by atoms with E-state index in [0.29, 0.717) is 23.7 Å². The van der Waals surface area contributed by atoms with Crippen LogP contribution in [0.5, 0.6) is 11.5 Å². The molecular formula is C31H43N5O6. The largest absolute Gasteiger partial charge is 0.497 e. The molecule has 0 bridgehead atoms. The minimum atomic E-state index is -0.527. The van der Waals surface area contributed by atoms with E-state index in [4.69, 9.17) is 9.47 Å². The summed E-state index contributed by atoms with van der Waals surface area (Å²) in [6.45, 7) is 4.06. The molecule has 0 saturated heterocycles. The van der Waals surface area contributed by atoms with Crippen LogP contribution in [0.1, 0.15) is 56.3 Å². The number of methoxy groups -OCH3 is 1. The highest BCUT2D eigenvalue weighted by atomic mass is 16.5. The number of nitrogens with one attached hydrogen (secondary N) is 3. The Labute approximate surface area is 247 Å². The highest BCUT2D eigenvalue weighted by Crippen LogP contribution is 2.35. The Balaban J connectivity index is 1.57. The standard InChI is InChI=1S/C31H43N5O6/c1-20-17-36(21(2)19-37)29(38)25-11-8-12-26(34-30(39)32-22-9-6-5-7-10-22)28(25)42-27(20)18-35(3)31(40)33-23-13-15-24(41-4)16-14-23/h8,11-16,20-22,27,37H,5-7,9-10,17-19H2,1-4H3,(H,33,40)(H2,32,34,39)/t20-,21-,27-/m0/s1. The maximum Gasteiger partial charge on any atom is 0.321 e. The van der Waals surface area contributed by atoms with E-state index in [2.05, 4.69) is 16.0 Å². The van der Waals surface area contributed by atoms with Crippen molar-refractivity contribution in [1.82, 2.24) is 15.1 Å². The van der Waals surface area contributed by atoms with Crippen LogP contribution < -0.4 is 25.4 Å². The highest BCUT2D eigenvalue weighted by molar-refractivity contribution is 6.01. The van der Waals surface area contributed by atoms with Gasteiger partial charge in [0.2, 0.25) is 0 Å². The number of ether oxygens (including phenoxy) is 2. The van der Waals surface area contributed by atoms with Gasteiger partial charge < -0.3 is 40.3 Å². The van der Waals surface area contributed by atoms with Crippen LogP contribution in [-0.2, 0) is 0 Å². The van der Waals surface area contributed by atoms with Gasteiger partial charge in [-0.1, -0.05) is 32.3 Å². The molecule has 2 aromatic rings. The number of nitrogens with zero attached hydrogens (tertiary/aromatic N) is 2. The first-order valence-electron chi connectivity index (χ1n) is 14.6. The van der Waals surface area contributed by atoms with Gasteiger partial charge in [0, 0.05) is 31.2 Å². The van der Waals surface area contributed by atoms with Crippen LogP contribution >= 0.6 is 0 Å². The first-order valence-corrected chi connectivity index (χ1v) is 14.6. The molecule has 11 heteroatoms. The van der Waals surface area contributed by atoms with Gasteiger partial charge in [0.25, 0.3) is 5.91 Å². The van der Waals surface area contributed by atoms with Crippen LogP contribution in [0.15, 0.2) is 42.5 Å². The average molecular weight is 582 g/mol. The van der Waals surface area contributed by atoms with E-state index < -0.39 is 12.1 Å². The van der Waals surface area contributed by atoms with E-state index in [1.165, 1.54) is 11.3 Å². The molecular weight excluding hydrogens is 538 g/mol. The Morgan fingerprint density at radius 3 is 2.50 bits per heavy atom. The zero-order chi connectivity index (χ0) is 30.2. The molecule has 0 aromatic heterocycles. The van der Waals surface area contributed by atoms with Gasteiger partial charge in [-0.2, -0.15) is 0 Å². The van der Waals surface area contributed by atoms with Crippen LogP contribution in [0.3, 0.4) is 0 Å². The number of likely N-dealkylation sites (N-methyl/N-ethyl adjacent to an activating group) is 1. The lowest BCUT2D eigenvalue weighted by Crippen LogP contribution is -2.50. The second-order valence-corrected chi connectivity index (χ2v) is 11.3. The molecule has 42 heavy (non-hydrogen) atoms. The molecule has 1 aliphatic carbocycles. The van der Waals surface area contributed by atoms with Crippen LogP contribution in [0.25, 0.3) is 0 Å². The molecule has 5 amide bonds. The van der Waals surface area contributed by atoms with Gasteiger partial charge in [0.1, 0.15) is 11.9 Å². The van der Waals surface area contributed by atoms with Gasteiger partial charge in [-0.3, -0.25) is 4.79 Å². The van der Waals surface area contributed by atoms with Crippen LogP contribution in [-0.4, -0.2) is 84.9 Å². The molecule has 4 N–H and O–H groups in total. The summed E-state index contributed by atoms with van der Waals surface area (Å²) in [4.78, 5) is 42.9. The predicted molar refractivity (Wildman–Crippen MR) is 161 cm³/mol. The number of rotatable bonds is 8. The zero-order valence-corrected chi connectivity index (χ0v) is 24.9. The van der Waals surface area contributed by atoms with Crippen molar-refractivity contribution in [2.45, 2.75) is 64.1 Å². The van der Waals surface area contributed by atoms with Crippen LogP contribution in [0.4, 0.5) is 21.0 Å². The van der Waals surface area contributed by atoms with Gasteiger partial charge in [0.05, 0.1) is 37.6 Å². The molecule has 1 heterocycles. The second-order valence-electron chi connectivity index (χ2n) is 11.3. The third-order valence-corrected chi connectivity index (χ3v) is 8.02. The van der Waals surface area contributed by atoms with Crippen molar-refractivity contribution in [3.63, 3.8) is 0 Å². The van der Waals surface area contributed by atoms with E-state index in [1.807, 2.05) is 6.92 Å². The Hall–Kier alpha value is -3.99. The molecule has 1 fully saturated rings. The number of anilines is 2. The molecule has 3 atom stereocenters. The third kappa shape index (κ3) is 7.64. The predicted octanol–water partition coefficient (Wildman–Crippen LogP) is 4.53. The van der Waals surface area contributed by atoms with Crippen molar-refractivity contribution in [2.24, 2.45) is 5.92 Å². The van der Waals surface area contributed by atoms with Gasteiger partial charge in [-0.25, -0.2) is 9.59 Å². The average Bonchev–Trinajstić information content (AvgIpc) is 2.99. The van der Waals surface area contributed by atoms with E-state index in [0.717, 1.165) is 25.7 Å². The monoisotopic (exact) mass is 581 g/mol. The Morgan fingerprint density at radius 1 is 1.12 bits per heavy atom. The molecule has 228 valence electrons. The Kier molecular flexibility index (Phi) is 10.5. The van der Waals surface area contributed by atoms with E-state index in [1.54, 1.807) is 68.4 Å². The van der Waals surface area contributed by atoms with Crippen LogP contribution in [0.2, 0.25) is 0 Å². The number of benzene rings is 2. The quantitative estimate of drug-likeness (QED) is 0.362. The smallest absolute Gasteiger partial charge is 0.321 e. The second kappa shape index (κ2) is 14.3. The van der Waals surface area contributed by atoms with E-state index in [9.17, 15) is 19.5 Å². The lowest BCUT2D eigenvalue weighted by Gasteiger charge is -2.38. The van der Waals surface area contributed by atoms with Crippen LogP contribution in [0, 0.1) is 5.92 Å². The first kappa shape index (κ1) is 31.0. The molecule has 2 aliphatic rings. The molecule has 0 unspecified atom stereocenters. The maximum atomic E-state index is 13.7. The van der Waals surface area contributed by atoms with Crippen molar-refractivity contribution in [3.05, 3.63) is 48.0 Å². The number of fused-ring (bicyclic) bond motifs is 1. The molecule has 1 saturated carbocycles. The number of aliphatic hydroxyl groups excluding tert-OH is 1. The summed E-state index contributed by atoms with van der Waals surface area (Å²) in [5.41, 5.74) is 1.27. The number of carbonyl (C=O) groups excluding carboxylic acids is 3. The number of hydrogen-bond donors (Lipinski definition) is 4. The Morgan fingerprint density at radius 2 is 1.83 bits per heavy atom. The molecule has 1 aliphatic heterocycles. The summed E-state index contributed by atoms with van der Waals surface area (Å²) in [6, 6.07) is 11.1. The molecule has 0 radical (unpaired) electrons. The number of urea groups is 2. The lowest BCUT2D eigenvalue weighted by molar-refractivity contribution is 0.0373. The van der Waals surface area contributed by atoms with Crippen molar-refractivity contribution >= 4 is 29.3 Å². The SMILES string of the molecule is COc1ccc(NC(=O)N(C)C[C@@H]2Oc3c(NC(=O)NC4CCCCC4)cccc3C(=O)N([C@@H](C)CO)C[C@@H]2C)cc1. The minimum Gasteiger partial charge on any atom is -0.497 e. The molecule has 0 spiro atoms. The Bertz CT molecular complexity index is 1230. The summed E-state index contributed by atoms with van der Waals surface area (Å²) >= 11 is 0. The summed E-state index contributed by atoms with van der Waals surface area (Å²) < 4.78 is 11.7. The van der Waals surface area contributed by atoms with Gasteiger partial charge in [-0.05, 0) is 56.2 Å². The normalized spacial score (nSPS) is 19.8. The summed E-state index contributed by atoms with van der Waals surface area (Å²) in [5, 5.41) is 18.7. The fourth-order valence-corrected chi connectivity index (χ4v) is 5.40. The summed E-state index contributed by atoms with van der Waals surface area (Å²) in [6.07, 6.45) is 4.70. The van der Waals surface area contributed by atoms with E-state index in [-0.39, 0.29) is 54.4 Å². The van der Waals surface area contributed by atoms with Crippen molar-refractivity contribution in [1.29, 1.82) is 0 Å². The number of carbonyl (C=O) groups is 3. The third-order valence-electron chi connectivity index (χ3n) is 8.02. The molecule has 11 nitrogen and oxygen atoms in total. The van der Waals surface area contributed by atoms with Crippen molar-refractivity contribution < 1.29 is 29.0 Å². The number of hydrogen-bond acceptors (Lipinski definition) is 6. The van der Waals surface area contributed by atoms with Crippen molar-refractivity contribution in [3.8, 4) is 11.5 Å². The number of para-hydroxylation sites is 1.